The largest absolute Gasteiger partial charge is 0.359 e. The highest BCUT2D eigenvalue weighted by atomic mass is 32.2. The molecule has 3 atom stereocenters. The number of amides is 2. The summed E-state index contributed by atoms with van der Waals surface area (Å²) in [5.41, 5.74) is 0. The van der Waals surface area contributed by atoms with Crippen LogP contribution in [0.4, 0.5) is 8.78 Å². The quantitative estimate of drug-likeness (QED) is 0.681. The fourth-order valence-corrected chi connectivity index (χ4v) is 1.54. The fraction of sp³-hybridized carbons (Fsp3) is 0.714. The molecule has 0 aromatic heterocycles. The molecule has 92 valence electrons. The second-order valence-electron chi connectivity index (χ2n) is 3.18. The maximum atomic E-state index is 11.6. The second kappa shape index (κ2) is 4.93. The topological polar surface area (TPSA) is 72.9 Å². The SMILES string of the molecule is CC1C(=O)N(OS(=O)OC(F)F)C(=O)C1C. The van der Waals surface area contributed by atoms with Gasteiger partial charge in [-0.3, -0.25) is 9.59 Å². The average Bonchev–Trinajstić information content (AvgIpc) is 2.34. The third kappa shape index (κ3) is 2.60. The number of carbonyl (C=O) groups excluding carboxylic acids is 2. The highest BCUT2D eigenvalue weighted by molar-refractivity contribution is 7.75. The van der Waals surface area contributed by atoms with Crippen molar-refractivity contribution < 1.29 is 31.0 Å². The molecule has 0 radical (unpaired) electrons. The van der Waals surface area contributed by atoms with Gasteiger partial charge in [0.2, 0.25) is 0 Å². The van der Waals surface area contributed by atoms with Gasteiger partial charge < -0.3 is 0 Å². The molecule has 2 amide bonds. The molecule has 0 N–H and O–H groups in total. The maximum Gasteiger partial charge on any atom is 0.359 e. The highest BCUT2D eigenvalue weighted by Crippen LogP contribution is 2.26. The van der Waals surface area contributed by atoms with Gasteiger partial charge in [-0.2, -0.15) is 17.2 Å². The molecule has 0 aliphatic carbocycles. The molecule has 0 aromatic rings. The lowest BCUT2D eigenvalue weighted by Gasteiger charge is -2.11. The Morgan fingerprint density at radius 1 is 1.25 bits per heavy atom. The number of hydrogen-bond donors (Lipinski definition) is 0. The van der Waals surface area contributed by atoms with Crippen LogP contribution in [-0.2, 0) is 29.4 Å². The summed E-state index contributed by atoms with van der Waals surface area (Å²) in [5, 5.41) is 0.202. The molecule has 9 heteroatoms. The predicted molar refractivity (Wildman–Crippen MR) is 46.5 cm³/mol. The first-order valence-corrected chi connectivity index (χ1v) is 5.28. The average molecular weight is 257 g/mol. The molecule has 1 fully saturated rings. The van der Waals surface area contributed by atoms with Gasteiger partial charge in [-0.25, -0.2) is 0 Å². The Morgan fingerprint density at radius 3 is 2.06 bits per heavy atom. The lowest BCUT2D eigenvalue weighted by molar-refractivity contribution is -0.168. The third-order valence-electron chi connectivity index (χ3n) is 2.22. The molecule has 0 bridgehead atoms. The van der Waals surface area contributed by atoms with Gasteiger partial charge in [0.15, 0.2) is 0 Å². The minimum absolute atomic E-state index is 0.202. The van der Waals surface area contributed by atoms with Crippen LogP contribution in [0.3, 0.4) is 0 Å². The number of alkyl halides is 2. The van der Waals surface area contributed by atoms with Crippen molar-refractivity contribution >= 4 is 23.2 Å². The second-order valence-corrected chi connectivity index (χ2v) is 3.93. The Kier molecular flexibility index (Phi) is 4.05. The van der Waals surface area contributed by atoms with E-state index in [1.807, 2.05) is 0 Å². The smallest absolute Gasteiger partial charge is 0.272 e. The van der Waals surface area contributed by atoms with Crippen LogP contribution in [0.25, 0.3) is 0 Å². The van der Waals surface area contributed by atoms with E-state index in [2.05, 4.69) is 8.47 Å². The zero-order valence-corrected chi connectivity index (χ0v) is 9.20. The van der Waals surface area contributed by atoms with Crippen LogP contribution in [0.15, 0.2) is 0 Å². The molecule has 0 spiro atoms. The summed E-state index contributed by atoms with van der Waals surface area (Å²) in [7, 11) is 0. The van der Waals surface area contributed by atoms with Crippen LogP contribution >= 0.6 is 0 Å². The van der Waals surface area contributed by atoms with Crippen LogP contribution in [0.5, 0.6) is 0 Å². The summed E-state index contributed by atoms with van der Waals surface area (Å²) in [4.78, 5) is 22.7. The maximum absolute atomic E-state index is 11.6. The summed E-state index contributed by atoms with van der Waals surface area (Å²) in [6.45, 7) is -0.362. The van der Waals surface area contributed by atoms with E-state index in [9.17, 15) is 22.6 Å². The zero-order chi connectivity index (χ0) is 12.5. The molecule has 16 heavy (non-hydrogen) atoms. The first-order valence-electron chi connectivity index (χ1n) is 4.28. The van der Waals surface area contributed by atoms with E-state index in [0.717, 1.165) is 0 Å². The Balaban J connectivity index is 2.65. The number of hydrogen-bond acceptors (Lipinski definition) is 5. The van der Waals surface area contributed by atoms with E-state index in [4.69, 9.17) is 0 Å². The molecule has 1 heterocycles. The van der Waals surface area contributed by atoms with Crippen molar-refractivity contribution in [2.45, 2.75) is 20.5 Å². The summed E-state index contributed by atoms with van der Waals surface area (Å²) < 4.78 is 41.6. The lowest BCUT2D eigenvalue weighted by atomic mass is 10.00. The number of hydroxylamine groups is 2. The van der Waals surface area contributed by atoms with Gasteiger partial charge in [0.1, 0.15) is 0 Å². The zero-order valence-electron chi connectivity index (χ0n) is 8.38. The van der Waals surface area contributed by atoms with Crippen molar-refractivity contribution in [3.63, 3.8) is 0 Å². The van der Waals surface area contributed by atoms with E-state index in [-0.39, 0.29) is 5.06 Å². The Hall–Kier alpha value is -0.930. The fourth-order valence-electron chi connectivity index (χ4n) is 1.12. The van der Waals surface area contributed by atoms with Crippen molar-refractivity contribution in [1.82, 2.24) is 5.06 Å². The monoisotopic (exact) mass is 257 g/mol. The molecule has 1 aliphatic heterocycles. The number of rotatable bonds is 4. The first-order chi connectivity index (χ1) is 7.34. The van der Waals surface area contributed by atoms with Crippen molar-refractivity contribution in [2.75, 3.05) is 0 Å². The van der Waals surface area contributed by atoms with E-state index >= 15 is 0 Å². The van der Waals surface area contributed by atoms with Gasteiger partial charge in [-0.05, 0) is 0 Å². The minimum Gasteiger partial charge on any atom is -0.272 e. The van der Waals surface area contributed by atoms with E-state index in [1.54, 1.807) is 0 Å². The van der Waals surface area contributed by atoms with Crippen LogP contribution < -0.4 is 0 Å². The molecule has 3 unspecified atom stereocenters. The summed E-state index contributed by atoms with van der Waals surface area (Å²) in [5.74, 6) is -2.75. The minimum atomic E-state index is -3.32. The standard InChI is InChI=1S/C7H9F2NO5S/c1-3-4(2)6(12)10(5(3)11)15-16(13)14-7(8)9/h3-4,7H,1-2H3. The van der Waals surface area contributed by atoms with Crippen molar-refractivity contribution in [3.05, 3.63) is 0 Å². The van der Waals surface area contributed by atoms with Crippen molar-refractivity contribution in [1.29, 1.82) is 0 Å². The van der Waals surface area contributed by atoms with Gasteiger partial charge in [-0.15, -0.1) is 9.35 Å². The normalized spacial score (nSPS) is 27.9. The van der Waals surface area contributed by atoms with Crippen LogP contribution in [0.2, 0.25) is 0 Å². The summed E-state index contributed by atoms with van der Waals surface area (Å²) in [6, 6.07) is 0. The Labute approximate surface area is 92.3 Å². The molecule has 0 aromatic carbocycles. The summed E-state index contributed by atoms with van der Waals surface area (Å²) in [6.07, 6.45) is 0. The lowest BCUT2D eigenvalue weighted by Crippen LogP contribution is -2.32. The Morgan fingerprint density at radius 2 is 1.69 bits per heavy atom. The number of nitrogens with zero attached hydrogens (tertiary/aromatic N) is 1. The number of imide groups is 1. The Bertz CT molecular complexity index is 317. The first kappa shape index (κ1) is 13.1. The molecule has 1 saturated heterocycles. The van der Waals surface area contributed by atoms with Crippen molar-refractivity contribution in [2.24, 2.45) is 11.8 Å². The van der Waals surface area contributed by atoms with Crippen LogP contribution in [0.1, 0.15) is 13.8 Å². The van der Waals surface area contributed by atoms with E-state index in [1.165, 1.54) is 13.8 Å². The van der Waals surface area contributed by atoms with Gasteiger partial charge in [0.05, 0.1) is 0 Å². The molecule has 0 saturated carbocycles. The highest BCUT2D eigenvalue weighted by Gasteiger charge is 2.45. The molecule has 1 rings (SSSR count). The van der Waals surface area contributed by atoms with Crippen LogP contribution in [-0.4, -0.2) is 27.7 Å². The van der Waals surface area contributed by atoms with Gasteiger partial charge in [0, 0.05) is 11.8 Å². The molecule has 1 aliphatic rings. The van der Waals surface area contributed by atoms with E-state index < -0.39 is 41.6 Å². The molecule has 6 nitrogen and oxygen atoms in total. The van der Waals surface area contributed by atoms with Crippen molar-refractivity contribution in [3.8, 4) is 0 Å². The summed E-state index contributed by atoms with van der Waals surface area (Å²) >= 11 is -2.88. The number of carbonyl (C=O) groups is 2. The van der Waals surface area contributed by atoms with Gasteiger partial charge >= 0.3 is 18.0 Å². The predicted octanol–water partition coefficient (Wildman–Crippen LogP) is 0.377. The van der Waals surface area contributed by atoms with Gasteiger partial charge in [0.25, 0.3) is 11.8 Å². The molecular formula is C7H9F2NO5S. The van der Waals surface area contributed by atoms with Gasteiger partial charge in [-0.1, -0.05) is 13.8 Å². The van der Waals surface area contributed by atoms with E-state index in [0.29, 0.717) is 0 Å². The third-order valence-corrected chi connectivity index (χ3v) is 2.79. The number of halogens is 2. The van der Waals surface area contributed by atoms with Crippen LogP contribution in [0, 0.1) is 11.8 Å². The molecular weight excluding hydrogens is 248 g/mol.